The van der Waals surface area contributed by atoms with Crippen molar-refractivity contribution in [3.63, 3.8) is 0 Å². The number of alkyl halides is 3. The van der Waals surface area contributed by atoms with Gasteiger partial charge >= 0.3 is 6.18 Å². The van der Waals surface area contributed by atoms with Crippen molar-refractivity contribution in [3.05, 3.63) is 64.8 Å². The Morgan fingerprint density at radius 3 is 2.49 bits per heavy atom. The molecule has 0 radical (unpaired) electrons. The molecule has 0 aliphatic carbocycles. The first-order valence-electron chi connectivity index (χ1n) is 12.5. The van der Waals surface area contributed by atoms with Crippen LogP contribution >= 0.6 is 0 Å². The third-order valence-corrected chi connectivity index (χ3v) is 7.33. The molecular weight excluding hydrogens is 477 g/mol. The predicted octanol–water partition coefficient (Wildman–Crippen LogP) is 5.86. The highest BCUT2D eigenvalue weighted by Gasteiger charge is 2.39. The first-order valence-corrected chi connectivity index (χ1v) is 12.5. The van der Waals surface area contributed by atoms with Gasteiger partial charge in [0.2, 0.25) is 0 Å². The summed E-state index contributed by atoms with van der Waals surface area (Å²) in [5.41, 5.74) is 2.03. The Labute approximate surface area is 214 Å². The molecular formula is C29H29F3N4O. The van der Waals surface area contributed by atoms with Crippen LogP contribution in [0.3, 0.4) is 0 Å². The number of hydrogen-bond donors (Lipinski definition) is 1. The number of carbonyl (C=O) groups is 1. The second-order valence-electron chi connectivity index (χ2n) is 10.1. The summed E-state index contributed by atoms with van der Waals surface area (Å²) in [7, 11) is 3.86. The number of nitrogens with one attached hydrogen (secondary N) is 1. The van der Waals surface area contributed by atoms with E-state index in [9.17, 15) is 18.0 Å². The normalized spacial score (nSPS) is 18.8. The number of aryl methyl sites for hydroxylation is 1. The van der Waals surface area contributed by atoms with E-state index in [4.69, 9.17) is 0 Å². The molecule has 3 aromatic rings. The number of benzene rings is 2. The highest BCUT2D eigenvalue weighted by atomic mass is 19.4. The van der Waals surface area contributed by atoms with Crippen LogP contribution in [0.15, 0.2) is 42.6 Å². The highest BCUT2D eigenvalue weighted by Crippen LogP contribution is 2.42. The molecule has 3 heterocycles. The van der Waals surface area contributed by atoms with Gasteiger partial charge in [0.05, 0.1) is 34.4 Å². The maximum atomic E-state index is 13.7. The lowest BCUT2D eigenvalue weighted by molar-refractivity contribution is -0.136. The van der Waals surface area contributed by atoms with Gasteiger partial charge in [0.15, 0.2) is 0 Å². The van der Waals surface area contributed by atoms with E-state index in [0.717, 1.165) is 11.8 Å². The molecule has 5 rings (SSSR count). The smallest absolute Gasteiger partial charge is 0.366 e. The number of halogens is 3. The molecule has 192 valence electrons. The van der Waals surface area contributed by atoms with Crippen molar-refractivity contribution < 1.29 is 18.0 Å². The summed E-state index contributed by atoms with van der Waals surface area (Å²) in [5.74, 6) is 5.81. The summed E-state index contributed by atoms with van der Waals surface area (Å²) in [5, 5.41) is 2.83. The van der Waals surface area contributed by atoms with Gasteiger partial charge < -0.3 is 10.2 Å². The number of carbonyl (C=O) groups excluding carboxylic acids is 1. The molecule has 0 spiro atoms. The second-order valence-corrected chi connectivity index (χ2v) is 10.1. The first-order chi connectivity index (χ1) is 17.6. The van der Waals surface area contributed by atoms with E-state index in [0.29, 0.717) is 29.9 Å². The molecule has 5 nitrogen and oxygen atoms in total. The van der Waals surface area contributed by atoms with E-state index >= 15 is 0 Å². The van der Waals surface area contributed by atoms with Crippen molar-refractivity contribution in [1.82, 2.24) is 9.88 Å². The molecule has 2 fully saturated rings. The first kappa shape index (κ1) is 25.1. The van der Waals surface area contributed by atoms with Crippen LogP contribution in [0, 0.1) is 18.8 Å². The molecule has 2 aromatic carbocycles. The Kier molecular flexibility index (Phi) is 6.59. The van der Waals surface area contributed by atoms with Crippen LogP contribution in [0.5, 0.6) is 0 Å². The molecule has 8 heteroatoms. The van der Waals surface area contributed by atoms with E-state index in [1.807, 2.05) is 37.2 Å². The van der Waals surface area contributed by atoms with Gasteiger partial charge in [-0.05, 0) is 82.6 Å². The van der Waals surface area contributed by atoms with Crippen molar-refractivity contribution in [2.24, 2.45) is 0 Å². The van der Waals surface area contributed by atoms with Crippen molar-refractivity contribution >= 4 is 28.2 Å². The van der Waals surface area contributed by atoms with Crippen LogP contribution in [-0.2, 0) is 6.18 Å². The van der Waals surface area contributed by atoms with E-state index < -0.39 is 17.6 Å². The molecule has 2 aliphatic rings. The monoisotopic (exact) mass is 506 g/mol. The lowest BCUT2D eigenvalue weighted by Crippen LogP contribution is -2.28. The Hall–Kier alpha value is -3.57. The minimum absolute atomic E-state index is 0.0616. The fraction of sp³-hybridized carbons (Fsp3) is 0.379. The molecule has 37 heavy (non-hydrogen) atoms. The van der Waals surface area contributed by atoms with Crippen LogP contribution < -0.4 is 10.2 Å². The lowest BCUT2D eigenvalue weighted by atomic mass is 9.99. The minimum Gasteiger partial charge on any atom is -0.366 e. The second kappa shape index (κ2) is 9.71. The maximum absolute atomic E-state index is 13.7. The summed E-state index contributed by atoms with van der Waals surface area (Å²) in [6.07, 6.45) is 1.55. The summed E-state index contributed by atoms with van der Waals surface area (Å²) in [4.78, 5) is 21.9. The Balaban J connectivity index is 1.50. The topological polar surface area (TPSA) is 48.5 Å². The number of pyridine rings is 1. The van der Waals surface area contributed by atoms with Gasteiger partial charge in [-0.3, -0.25) is 14.7 Å². The number of rotatable bonds is 4. The number of hydrogen-bond acceptors (Lipinski definition) is 4. The van der Waals surface area contributed by atoms with Gasteiger partial charge in [-0.25, -0.2) is 0 Å². The van der Waals surface area contributed by atoms with Gasteiger partial charge in [-0.2, -0.15) is 13.2 Å². The van der Waals surface area contributed by atoms with Crippen molar-refractivity contribution in [2.75, 3.05) is 30.9 Å². The van der Waals surface area contributed by atoms with Gasteiger partial charge in [0.25, 0.3) is 5.91 Å². The molecule has 2 aliphatic heterocycles. The molecule has 0 saturated carbocycles. The summed E-state index contributed by atoms with van der Waals surface area (Å²) < 4.78 is 41.0. The quantitative estimate of drug-likeness (QED) is 0.451. The van der Waals surface area contributed by atoms with E-state index in [-0.39, 0.29) is 22.0 Å². The molecule has 2 saturated heterocycles. The summed E-state index contributed by atoms with van der Waals surface area (Å²) in [6, 6.07) is 10.8. The Morgan fingerprint density at radius 1 is 1.14 bits per heavy atom. The fourth-order valence-corrected chi connectivity index (χ4v) is 5.59. The third-order valence-electron chi connectivity index (χ3n) is 7.33. The number of aromatic nitrogens is 1. The third kappa shape index (κ3) is 4.88. The van der Waals surface area contributed by atoms with Gasteiger partial charge in [-0.1, -0.05) is 17.9 Å². The van der Waals surface area contributed by atoms with Crippen molar-refractivity contribution in [2.45, 2.75) is 50.9 Å². The van der Waals surface area contributed by atoms with Crippen molar-refractivity contribution in [3.8, 4) is 11.8 Å². The highest BCUT2D eigenvalue weighted by molar-refractivity contribution is 6.08. The van der Waals surface area contributed by atoms with Crippen LogP contribution in [0.4, 0.5) is 24.5 Å². The van der Waals surface area contributed by atoms with Crippen LogP contribution in [0.25, 0.3) is 10.9 Å². The average molecular weight is 507 g/mol. The van der Waals surface area contributed by atoms with E-state index in [1.54, 1.807) is 0 Å². The van der Waals surface area contributed by atoms with Gasteiger partial charge in [-0.15, -0.1) is 0 Å². The molecule has 0 atom stereocenters. The van der Waals surface area contributed by atoms with Gasteiger partial charge in [0, 0.05) is 29.4 Å². The zero-order chi connectivity index (χ0) is 26.3. The Morgan fingerprint density at radius 2 is 1.84 bits per heavy atom. The minimum atomic E-state index is -4.55. The van der Waals surface area contributed by atoms with E-state index in [1.165, 1.54) is 50.9 Å². The van der Waals surface area contributed by atoms with E-state index in [2.05, 4.69) is 27.0 Å². The molecule has 0 unspecified atom stereocenters. The summed E-state index contributed by atoms with van der Waals surface area (Å²) in [6.45, 7) is 2.08. The van der Waals surface area contributed by atoms with Crippen LogP contribution in [-0.4, -0.2) is 48.5 Å². The standard InChI is InChI=1S/C29H29F3N4O/c1-18-23(17-33-26-8-4-7-24(27(18)26)29(30,31)32)28(37)34-25-14-13-22(16-19(25)6-5-15-35(2)3)36-20-9-10-21(36)12-11-20/h4,7-8,13-14,16-17,20-21H,9-12,15H2,1-3H3,(H,34,37). The van der Waals surface area contributed by atoms with Gasteiger partial charge in [0.1, 0.15) is 0 Å². The molecule has 1 amide bonds. The largest absolute Gasteiger partial charge is 0.417 e. The fourth-order valence-electron chi connectivity index (χ4n) is 5.59. The SMILES string of the molecule is Cc1c(C(=O)Nc2ccc(N3C4CCC3CC4)cc2C#CCN(C)C)cnc2cccc(C(F)(F)F)c12. The number of anilines is 2. The average Bonchev–Trinajstić information content (AvgIpc) is 3.45. The number of amides is 1. The molecule has 2 bridgehead atoms. The van der Waals surface area contributed by atoms with Crippen molar-refractivity contribution in [1.29, 1.82) is 0 Å². The Bertz CT molecular complexity index is 1400. The van der Waals surface area contributed by atoms with Crippen LogP contribution in [0.2, 0.25) is 0 Å². The predicted molar refractivity (Wildman–Crippen MR) is 140 cm³/mol. The molecule has 1 aromatic heterocycles. The number of fused-ring (bicyclic) bond motifs is 3. The lowest BCUT2D eigenvalue weighted by Gasteiger charge is -2.25. The zero-order valence-electron chi connectivity index (χ0n) is 21.1. The summed E-state index contributed by atoms with van der Waals surface area (Å²) >= 11 is 0. The zero-order valence-corrected chi connectivity index (χ0v) is 21.1. The number of nitrogens with zero attached hydrogens (tertiary/aromatic N) is 3. The molecule has 1 N–H and O–H groups in total. The van der Waals surface area contributed by atoms with Crippen LogP contribution in [0.1, 0.15) is 52.7 Å². The maximum Gasteiger partial charge on any atom is 0.417 e.